The van der Waals surface area contributed by atoms with Gasteiger partial charge in [-0.25, -0.2) is 0 Å². The zero-order valence-electron chi connectivity index (χ0n) is 19.7. The van der Waals surface area contributed by atoms with Crippen LogP contribution in [0, 0.1) is 0 Å². The molecule has 5 rings (SSSR count). The smallest absolute Gasteiger partial charge is 0.287 e. The van der Waals surface area contributed by atoms with Crippen molar-refractivity contribution in [1.29, 1.82) is 0 Å². The Bertz CT molecular complexity index is 1240. The van der Waals surface area contributed by atoms with Gasteiger partial charge >= 0.3 is 0 Å². The molecular formula is C29H33N3O2. The fraction of sp³-hybridized carbons (Fsp3) is 0.379. The standard InChI is InChI=1S/C29H33N3O2/c33-29(27-20-21-12-6-9-17-26(21)34-27)31-19-11-2-1-10-18-30-28-22-13-4-3-5-15-24(22)32-25-16-8-7-14-23(25)28/h6-9,12,14,16-17,20H,1-5,10-11,13,15,18-19H2,(H,30,32)(H,31,33). The highest BCUT2D eigenvalue weighted by Crippen LogP contribution is 2.32. The Balaban J connectivity index is 1.07. The number of fused-ring (bicyclic) bond motifs is 3. The maximum absolute atomic E-state index is 12.3. The Morgan fingerprint density at radius 3 is 2.59 bits per heavy atom. The van der Waals surface area contributed by atoms with Crippen molar-refractivity contribution < 1.29 is 9.21 Å². The molecule has 2 aromatic carbocycles. The second kappa shape index (κ2) is 10.7. The molecule has 176 valence electrons. The van der Waals surface area contributed by atoms with Crippen LogP contribution in [-0.4, -0.2) is 24.0 Å². The minimum absolute atomic E-state index is 0.136. The zero-order chi connectivity index (χ0) is 23.2. The van der Waals surface area contributed by atoms with Gasteiger partial charge in [0.25, 0.3) is 5.91 Å². The minimum Gasteiger partial charge on any atom is -0.451 e. The van der Waals surface area contributed by atoms with E-state index in [0.717, 1.165) is 61.6 Å². The van der Waals surface area contributed by atoms with Gasteiger partial charge in [0.05, 0.1) is 5.52 Å². The van der Waals surface area contributed by atoms with Crippen molar-refractivity contribution in [3.63, 3.8) is 0 Å². The van der Waals surface area contributed by atoms with E-state index >= 15 is 0 Å². The number of aryl methyl sites for hydroxylation is 1. The molecule has 0 atom stereocenters. The average molecular weight is 456 g/mol. The number of anilines is 1. The Labute approximate surface area is 201 Å². The van der Waals surface area contributed by atoms with Gasteiger partial charge in [-0.05, 0) is 62.3 Å². The van der Waals surface area contributed by atoms with Crippen molar-refractivity contribution in [3.05, 3.63) is 71.6 Å². The van der Waals surface area contributed by atoms with E-state index in [4.69, 9.17) is 9.40 Å². The summed E-state index contributed by atoms with van der Waals surface area (Å²) >= 11 is 0. The Morgan fingerprint density at radius 2 is 1.68 bits per heavy atom. The summed E-state index contributed by atoms with van der Waals surface area (Å²) in [6.07, 6.45) is 10.3. The second-order valence-electron chi connectivity index (χ2n) is 9.24. The maximum atomic E-state index is 12.3. The van der Waals surface area contributed by atoms with Gasteiger partial charge in [-0.15, -0.1) is 0 Å². The number of benzene rings is 2. The zero-order valence-corrected chi connectivity index (χ0v) is 19.7. The first-order chi connectivity index (χ1) is 16.8. The number of carbonyl (C=O) groups is 1. The number of nitrogens with one attached hydrogen (secondary N) is 2. The number of hydrogen-bond donors (Lipinski definition) is 2. The molecule has 0 unspecified atom stereocenters. The number of amides is 1. The molecule has 5 nitrogen and oxygen atoms in total. The molecule has 0 spiro atoms. The number of furan rings is 1. The van der Waals surface area contributed by atoms with Crippen LogP contribution in [0.25, 0.3) is 21.9 Å². The van der Waals surface area contributed by atoms with Crippen LogP contribution in [0.4, 0.5) is 5.69 Å². The topological polar surface area (TPSA) is 67.2 Å². The van der Waals surface area contributed by atoms with E-state index in [2.05, 4.69) is 34.9 Å². The number of unbranched alkanes of at least 4 members (excludes halogenated alkanes) is 3. The van der Waals surface area contributed by atoms with Crippen LogP contribution in [0.5, 0.6) is 0 Å². The van der Waals surface area contributed by atoms with Crippen LogP contribution >= 0.6 is 0 Å². The molecule has 2 aromatic heterocycles. The van der Waals surface area contributed by atoms with Gasteiger partial charge in [0.15, 0.2) is 5.76 Å². The average Bonchev–Trinajstić information content (AvgIpc) is 3.17. The predicted molar refractivity (Wildman–Crippen MR) is 139 cm³/mol. The number of para-hydroxylation sites is 2. The van der Waals surface area contributed by atoms with Crippen molar-refractivity contribution in [2.75, 3.05) is 18.4 Å². The first kappa shape index (κ1) is 22.5. The normalized spacial score (nSPS) is 13.5. The lowest BCUT2D eigenvalue weighted by molar-refractivity contribution is 0.0927. The number of nitrogens with zero attached hydrogens (tertiary/aromatic N) is 1. The summed E-state index contributed by atoms with van der Waals surface area (Å²) in [5.74, 6) is 0.247. The molecule has 1 amide bonds. The molecule has 0 saturated carbocycles. The third kappa shape index (κ3) is 5.09. The van der Waals surface area contributed by atoms with Gasteiger partial charge in [-0.1, -0.05) is 55.7 Å². The van der Waals surface area contributed by atoms with E-state index in [1.54, 1.807) is 6.07 Å². The van der Waals surface area contributed by atoms with E-state index in [1.807, 2.05) is 24.3 Å². The summed E-state index contributed by atoms with van der Waals surface area (Å²) in [5.41, 5.74) is 5.88. The monoisotopic (exact) mass is 455 g/mol. The Hall–Kier alpha value is -3.34. The van der Waals surface area contributed by atoms with Gasteiger partial charge < -0.3 is 15.1 Å². The second-order valence-corrected chi connectivity index (χ2v) is 9.24. The largest absolute Gasteiger partial charge is 0.451 e. The van der Waals surface area contributed by atoms with E-state index < -0.39 is 0 Å². The minimum atomic E-state index is -0.136. The van der Waals surface area contributed by atoms with E-state index in [0.29, 0.717) is 12.3 Å². The molecule has 0 bridgehead atoms. The van der Waals surface area contributed by atoms with Crippen LogP contribution in [0.15, 0.2) is 59.0 Å². The van der Waals surface area contributed by atoms with Crippen LogP contribution in [0.2, 0.25) is 0 Å². The van der Waals surface area contributed by atoms with Gasteiger partial charge in [0, 0.05) is 35.2 Å². The lowest BCUT2D eigenvalue weighted by Gasteiger charge is -2.17. The number of hydrogen-bond acceptors (Lipinski definition) is 4. The van der Waals surface area contributed by atoms with Crippen molar-refractivity contribution >= 4 is 33.5 Å². The van der Waals surface area contributed by atoms with Crippen molar-refractivity contribution in [3.8, 4) is 0 Å². The summed E-state index contributed by atoms with van der Waals surface area (Å²) in [6.45, 7) is 1.64. The van der Waals surface area contributed by atoms with Gasteiger partial charge in [0.1, 0.15) is 5.58 Å². The van der Waals surface area contributed by atoms with Gasteiger partial charge in [0.2, 0.25) is 0 Å². The highest BCUT2D eigenvalue weighted by molar-refractivity contribution is 5.96. The fourth-order valence-electron chi connectivity index (χ4n) is 4.95. The number of pyridine rings is 1. The van der Waals surface area contributed by atoms with Gasteiger partial charge in [-0.3, -0.25) is 9.78 Å². The summed E-state index contributed by atoms with van der Waals surface area (Å²) in [6, 6.07) is 18.0. The first-order valence-corrected chi connectivity index (χ1v) is 12.7. The summed E-state index contributed by atoms with van der Waals surface area (Å²) in [4.78, 5) is 17.3. The highest BCUT2D eigenvalue weighted by atomic mass is 16.3. The molecule has 2 heterocycles. The van der Waals surface area contributed by atoms with E-state index in [9.17, 15) is 4.79 Å². The molecule has 1 aliphatic carbocycles. The van der Waals surface area contributed by atoms with Crippen LogP contribution < -0.4 is 10.6 Å². The molecule has 0 radical (unpaired) electrons. The molecule has 1 aliphatic rings. The van der Waals surface area contributed by atoms with Crippen molar-refractivity contribution in [2.45, 2.75) is 57.8 Å². The molecule has 0 fully saturated rings. The van der Waals surface area contributed by atoms with Crippen molar-refractivity contribution in [1.82, 2.24) is 10.3 Å². The molecule has 5 heteroatoms. The van der Waals surface area contributed by atoms with E-state index in [-0.39, 0.29) is 5.91 Å². The quantitative estimate of drug-likeness (QED) is 0.219. The van der Waals surface area contributed by atoms with Crippen LogP contribution in [-0.2, 0) is 12.8 Å². The summed E-state index contributed by atoms with van der Waals surface area (Å²) in [5, 5.41) is 8.95. The molecule has 4 aromatic rings. The SMILES string of the molecule is O=C(NCCCCCCNc1c2c(nc3ccccc13)CCCCC2)c1cc2ccccc2o1. The molecule has 2 N–H and O–H groups in total. The molecule has 0 aliphatic heterocycles. The predicted octanol–water partition coefficient (Wildman–Crippen LogP) is 6.65. The molecule has 0 saturated heterocycles. The third-order valence-electron chi connectivity index (χ3n) is 6.76. The number of rotatable bonds is 9. The lowest BCUT2D eigenvalue weighted by atomic mass is 10.0. The fourth-order valence-corrected chi connectivity index (χ4v) is 4.95. The van der Waals surface area contributed by atoms with Crippen LogP contribution in [0.3, 0.4) is 0 Å². The van der Waals surface area contributed by atoms with Gasteiger partial charge in [-0.2, -0.15) is 0 Å². The number of aromatic nitrogens is 1. The highest BCUT2D eigenvalue weighted by Gasteiger charge is 2.17. The lowest BCUT2D eigenvalue weighted by Crippen LogP contribution is -2.23. The first-order valence-electron chi connectivity index (χ1n) is 12.7. The molecule has 34 heavy (non-hydrogen) atoms. The summed E-state index contributed by atoms with van der Waals surface area (Å²) < 4.78 is 5.64. The maximum Gasteiger partial charge on any atom is 0.287 e. The Morgan fingerprint density at radius 1 is 0.882 bits per heavy atom. The van der Waals surface area contributed by atoms with E-state index in [1.165, 1.54) is 41.6 Å². The van der Waals surface area contributed by atoms with Crippen LogP contribution in [0.1, 0.15) is 66.8 Å². The van der Waals surface area contributed by atoms with Crippen molar-refractivity contribution in [2.24, 2.45) is 0 Å². The number of carbonyl (C=O) groups excluding carboxylic acids is 1. The Kier molecular flexibility index (Phi) is 7.08. The third-order valence-corrected chi connectivity index (χ3v) is 6.76. The molecular weight excluding hydrogens is 422 g/mol. The summed E-state index contributed by atoms with van der Waals surface area (Å²) in [7, 11) is 0.